The number of hydrazine groups is 1. The van der Waals surface area contributed by atoms with E-state index in [0.29, 0.717) is 17.4 Å². The van der Waals surface area contributed by atoms with E-state index < -0.39 is 0 Å². The molecule has 3 nitrogen and oxygen atoms in total. The van der Waals surface area contributed by atoms with E-state index >= 15 is 0 Å². The predicted molar refractivity (Wildman–Crippen MR) is 53.7 cm³/mol. The minimum absolute atomic E-state index is 0.108. The van der Waals surface area contributed by atoms with E-state index in [-0.39, 0.29) is 6.04 Å². The molecule has 0 aromatic heterocycles. The predicted octanol–water partition coefficient (Wildman–Crippen LogP) is 1.57. The van der Waals surface area contributed by atoms with Crippen LogP contribution in [0.5, 0.6) is 5.75 Å². The summed E-state index contributed by atoms with van der Waals surface area (Å²) in [6, 6.07) is 7.46. The van der Waals surface area contributed by atoms with Crippen LogP contribution in [0.4, 0.5) is 0 Å². The van der Waals surface area contributed by atoms with Crippen LogP contribution >= 0.6 is 11.6 Å². The standard InChI is InChI=1S/C9H13ClN2O/c1-7(12-11)6-13-9-5-3-2-4-8(9)10/h2-5,7,12H,6,11H2,1H3. The highest BCUT2D eigenvalue weighted by atomic mass is 35.5. The van der Waals surface area contributed by atoms with Crippen molar-refractivity contribution in [2.45, 2.75) is 13.0 Å². The van der Waals surface area contributed by atoms with E-state index in [9.17, 15) is 0 Å². The van der Waals surface area contributed by atoms with Gasteiger partial charge in [0, 0.05) is 0 Å². The Bertz CT molecular complexity index is 268. The van der Waals surface area contributed by atoms with Gasteiger partial charge in [-0.3, -0.25) is 11.3 Å². The smallest absolute Gasteiger partial charge is 0.137 e. The van der Waals surface area contributed by atoms with Crippen LogP contribution in [0.1, 0.15) is 6.92 Å². The molecule has 72 valence electrons. The molecule has 1 aromatic rings. The zero-order chi connectivity index (χ0) is 9.68. The van der Waals surface area contributed by atoms with Crippen molar-refractivity contribution in [3.8, 4) is 5.75 Å². The van der Waals surface area contributed by atoms with Crippen LogP contribution in [0.15, 0.2) is 24.3 Å². The number of halogens is 1. The van der Waals surface area contributed by atoms with Gasteiger partial charge in [-0.1, -0.05) is 23.7 Å². The van der Waals surface area contributed by atoms with Crippen molar-refractivity contribution < 1.29 is 4.74 Å². The van der Waals surface area contributed by atoms with Gasteiger partial charge in [-0.2, -0.15) is 0 Å². The molecule has 0 aliphatic carbocycles. The molecule has 0 saturated carbocycles. The number of benzene rings is 1. The van der Waals surface area contributed by atoms with Gasteiger partial charge in [0.2, 0.25) is 0 Å². The van der Waals surface area contributed by atoms with Crippen LogP contribution in [-0.4, -0.2) is 12.6 Å². The van der Waals surface area contributed by atoms with E-state index in [2.05, 4.69) is 5.43 Å². The Balaban J connectivity index is 2.50. The highest BCUT2D eigenvalue weighted by Crippen LogP contribution is 2.22. The molecule has 0 heterocycles. The molecule has 0 spiro atoms. The summed E-state index contributed by atoms with van der Waals surface area (Å²) in [4.78, 5) is 0. The molecular weight excluding hydrogens is 188 g/mol. The quantitative estimate of drug-likeness (QED) is 0.573. The van der Waals surface area contributed by atoms with Crippen LogP contribution in [0, 0.1) is 0 Å². The molecule has 1 atom stereocenters. The lowest BCUT2D eigenvalue weighted by Gasteiger charge is -2.12. The first kappa shape index (κ1) is 10.3. The van der Waals surface area contributed by atoms with E-state index in [1.807, 2.05) is 25.1 Å². The lowest BCUT2D eigenvalue weighted by molar-refractivity contribution is 0.275. The fraction of sp³-hybridized carbons (Fsp3) is 0.333. The third-order valence-corrected chi connectivity index (χ3v) is 1.92. The molecule has 0 amide bonds. The third kappa shape index (κ3) is 3.22. The maximum absolute atomic E-state index is 5.87. The van der Waals surface area contributed by atoms with Gasteiger partial charge in [-0.05, 0) is 19.1 Å². The van der Waals surface area contributed by atoms with Crippen LogP contribution < -0.4 is 16.0 Å². The summed E-state index contributed by atoms with van der Waals surface area (Å²) >= 11 is 5.87. The SMILES string of the molecule is CC(COc1ccccc1Cl)NN. The first-order valence-corrected chi connectivity index (χ1v) is 4.45. The third-order valence-electron chi connectivity index (χ3n) is 1.61. The van der Waals surface area contributed by atoms with Crippen molar-refractivity contribution in [3.05, 3.63) is 29.3 Å². The Hall–Kier alpha value is -0.770. The molecule has 0 bridgehead atoms. The number of para-hydroxylation sites is 1. The monoisotopic (exact) mass is 200 g/mol. The van der Waals surface area contributed by atoms with Gasteiger partial charge in [0.05, 0.1) is 11.1 Å². The largest absolute Gasteiger partial charge is 0.490 e. The van der Waals surface area contributed by atoms with Crippen molar-refractivity contribution in [2.75, 3.05) is 6.61 Å². The molecule has 0 fully saturated rings. The van der Waals surface area contributed by atoms with Crippen molar-refractivity contribution in [1.82, 2.24) is 5.43 Å². The number of hydrogen-bond acceptors (Lipinski definition) is 3. The molecule has 0 aliphatic heterocycles. The lowest BCUT2D eigenvalue weighted by atomic mass is 10.3. The molecule has 1 rings (SSSR count). The lowest BCUT2D eigenvalue weighted by Crippen LogP contribution is -2.36. The molecule has 0 aliphatic rings. The summed E-state index contributed by atoms with van der Waals surface area (Å²) in [6.07, 6.45) is 0. The first-order valence-electron chi connectivity index (χ1n) is 4.07. The number of ether oxygens (including phenoxy) is 1. The summed E-state index contributed by atoms with van der Waals surface area (Å²) in [5, 5.41) is 0.617. The summed E-state index contributed by atoms with van der Waals surface area (Å²) in [5.41, 5.74) is 2.59. The van der Waals surface area contributed by atoms with Gasteiger partial charge in [-0.25, -0.2) is 0 Å². The van der Waals surface area contributed by atoms with Gasteiger partial charge in [0.25, 0.3) is 0 Å². The van der Waals surface area contributed by atoms with Crippen LogP contribution in [0.3, 0.4) is 0 Å². The van der Waals surface area contributed by atoms with Crippen LogP contribution in [0.25, 0.3) is 0 Å². The summed E-state index contributed by atoms with van der Waals surface area (Å²) in [7, 11) is 0. The van der Waals surface area contributed by atoms with Crippen molar-refractivity contribution >= 4 is 11.6 Å². The molecule has 3 N–H and O–H groups in total. The second kappa shape index (κ2) is 5.07. The molecule has 0 saturated heterocycles. The van der Waals surface area contributed by atoms with Gasteiger partial charge >= 0.3 is 0 Å². The minimum Gasteiger partial charge on any atom is -0.490 e. The normalized spacial score (nSPS) is 12.5. The Morgan fingerprint density at radius 1 is 1.54 bits per heavy atom. The summed E-state index contributed by atoms with van der Waals surface area (Å²) < 4.78 is 5.42. The average molecular weight is 201 g/mol. The maximum Gasteiger partial charge on any atom is 0.137 e. The Morgan fingerprint density at radius 3 is 2.85 bits per heavy atom. The molecule has 1 unspecified atom stereocenters. The Kier molecular flexibility index (Phi) is 4.02. The number of nitrogens with two attached hydrogens (primary N) is 1. The van der Waals surface area contributed by atoms with Crippen molar-refractivity contribution in [1.29, 1.82) is 0 Å². The first-order chi connectivity index (χ1) is 6.24. The van der Waals surface area contributed by atoms with E-state index in [1.54, 1.807) is 6.07 Å². The fourth-order valence-electron chi connectivity index (χ4n) is 0.825. The van der Waals surface area contributed by atoms with Gasteiger partial charge < -0.3 is 4.74 Å². The molecule has 4 heteroatoms. The summed E-state index contributed by atoms with van der Waals surface area (Å²) in [6.45, 7) is 2.43. The number of rotatable bonds is 4. The van der Waals surface area contributed by atoms with Crippen molar-refractivity contribution in [3.63, 3.8) is 0 Å². The summed E-state index contributed by atoms with van der Waals surface area (Å²) in [5.74, 6) is 5.90. The Morgan fingerprint density at radius 2 is 2.23 bits per heavy atom. The van der Waals surface area contributed by atoms with Gasteiger partial charge in [0.15, 0.2) is 0 Å². The second-order valence-corrected chi connectivity index (χ2v) is 3.22. The topological polar surface area (TPSA) is 47.3 Å². The Labute approximate surface area is 82.8 Å². The van der Waals surface area contributed by atoms with E-state index in [4.69, 9.17) is 22.2 Å². The van der Waals surface area contributed by atoms with Crippen molar-refractivity contribution in [2.24, 2.45) is 5.84 Å². The van der Waals surface area contributed by atoms with Crippen LogP contribution in [0.2, 0.25) is 5.02 Å². The molecule has 0 radical (unpaired) electrons. The zero-order valence-corrected chi connectivity index (χ0v) is 8.21. The van der Waals surface area contributed by atoms with Gasteiger partial charge in [0.1, 0.15) is 12.4 Å². The highest BCUT2D eigenvalue weighted by molar-refractivity contribution is 6.32. The zero-order valence-electron chi connectivity index (χ0n) is 7.46. The number of hydrogen-bond donors (Lipinski definition) is 2. The fourth-order valence-corrected chi connectivity index (χ4v) is 1.01. The number of nitrogens with one attached hydrogen (secondary N) is 1. The van der Waals surface area contributed by atoms with E-state index in [1.165, 1.54) is 0 Å². The average Bonchev–Trinajstić information content (AvgIpc) is 2.16. The molecule has 1 aromatic carbocycles. The highest BCUT2D eigenvalue weighted by Gasteiger charge is 2.02. The van der Waals surface area contributed by atoms with E-state index in [0.717, 1.165) is 0 Å². The minimum atomic E-state index is 0.108. The van der Waals surface area contributed by atoms with Crippen LogP contribution in [-0.2, 0) is 0 Å². The second-order valence-electron chi connectivity index (χ2n) is 2.81. The maximum atomic E-state index is 5.87. The molecule has 13 heavy (non-hydrogen) atoms. The van der Waals surface area contributed by atoms with Gasteiger partial charge in [-0.15, -0.1) is 0 Å². The molecular formula is C9H13ClN2O.